The van der Waals surface area contributed by atoms with Crippen LogP contribution in [0.5, 0.6) is 0 Å². The summed E-state index contributed by atoms with van der Waals surface area (Å²) in [6.07, 6.45) is 2.39. The molecule has 4 aromatic rings. The van der Waals surface area contributed by atoms with Crippen LogP contribution >= 0.6 is 11.6 Å². The van der Waals surface area contributed by atoms with Crippen LogP contribution in [0.2, 0.25) is 5.02 Å². The van der Waals surface area contributed by atoms with Crippen LogP contribution in [0.3, 0.4) is 0 Å². The van der Waals surface area contributed by atoms with Crippen molar-refractivity contribution >= 4 is 34.9 Å². The predicted molar refractivity (Wildman–Crippen MR) is 133 cm³/mol. The molecule has 33 heavy (non-hydrogen) atoms. The lowest BCUT2D eigenvalue weighted by Crippen LogP contribution is -2.18. The number of aromatic nitrogens is 1. The van der Waals surface area contributed by atoms with Crippen molar-refractivity contribution in [3.63, 3.8) is 0 Å². The van der Waals surface area contributed by atoms with Crippen molar-refractivity contribution in [3.05, 3.63) is 113 Å². The normalized spacial score (nSPS) is 10.5. The summed E-state index contributed by atoms with van der Waals surface area (Å²) in [5.74, 6) is -0.309. The fraction of sp³-hybridized carbons (Fsp3) is 0.0741. The number of nitrogens with one attached hydrogen (secondary N) is 2. The average molecular weight is 456 g/mol. The Hall–Kier alpha value is -3.96. The first kappa shape index (κ1) is 22.2. The van der Waals surface area contributed by atoms with Gasteiger partial charge in [0.1, 0.15) is 5.82 Å². The Labute approximate surface area is 197 Å². The minimum atomic E-state index is -0.382. The summed E-state index contributed by atoms with van der Waals surface area (Å²) >= 11 is 5.84. The van der Waals surface area contributed by atoms with Gasteiger partial charge in [0, 0.05) is 11.8 Å². The molecule has 1 heterocycles. The first-order chi connectivity index (χ1) is 16.0. The molecule has 0 spiro atoms. The molecular formula is C27H22ClN3O2. The number of benzene rings is 3. The van der Waals surface area contributed by atoms with E-state index >= 15 is 0 Å². The standard InChI is InChI=1S/C27H22ClN3O2/c1-2-18-7-3-4-8-22(18)19-11-13-20(14-12-19)26(32)30-24-10-6-5-9-23(24)27(33)31-25-16-15-21(28)17-29-25/h3-17H,2H2,1H3,(H,30,32)(H,29,31,33). The molecule has 0 unspecified atom stereocenters. The zero-order valence-corrected chi connectivity index (χ0v) is 18.8. The van der Waals surface area contributed by atoms with E-state index in [1.165, 1.54) is 11.8 Å². The minimum absolute atomic E-state index is 0.296. The van der Waals surface area contributed by atoms with E-state index in [0.29, 0.717) is 27.7 Å². The maximum Gasteiger partial charge on any atom is 0.258 e. The van der Waals surface area contributed by atoms with Gasteiger partial charge in [0.05, 0.1) is 16.3 Å². The van der Waals surface area contributed by atoms with E-state index in [1.807, 2.05) is 24.3 Å². The summed E-state index contributed by atoms with van der Waals surface area (Å²) in [6, 6.07) is 25.8. The number of hydrogen-bond donors (Lipinski definition) is 2. The fourth-order valence-corrected chi connectivity index (χ4v) is 3.64. The van der Waals surface area contributed by atoms with Crippen molar-refractivity contribution in [1.82, 2.24) is 4.98 Å². The summed E-state index contributed by atoms with van der Waals surface area (Å²) in [4.78, 5) is 29.7. The average Bonchev–Trinajstić information content (AvgIpc) is 2.85. The van der Waals surface area contributed by atoms with E-state index in [0.717, 1.165) is 17.5 Å². The Bertz CT molecular complexity index is 1290. The highest BCUT2D eigenvalue weighted by molar-refractivity contribution is 6.30. The number of hydrogen-bond acceptors (Lipinski definition) is 3. The third-order valence-electron chi connectivity index (χ3n) is 5.25. The van der Waals surface area contributed by atoms with E-state index in [1.54, 1.807) is 48.5 Å². The summed E-state index contributed by atoms with van der Waals surface area (Å²) < 4.78 is 0. The quantitative estimate of drug-likeness (QED) is 0.350. The Balaban J connectivity index is 1.51. The molecule has 6 heteroatoms. The lowest BCUT2D eigenvalue weighted by atomic mass is 9.97. The third kappa shape index (κ3) is 5.27. The molecule has 2 N–H and O–H groups in total. The highest BCUT2D eigenvalue weighted by Crippen LogP contribution is 2.25. The van der Waals surface area contributed by atoms with E-state index < -0.39 is 0 Å². The van der Waals surface area contributed by atoms with Gasteiger partial charge in [-0.15, -0.1) is 0 Å². The maximum absolute atomic E-state index is 12.9. The van der Waals surface area contributed by atoms with Crippen molar-refractivity contribution in [2.24, 2.45) is 0 Å². The molecule has 0 bridgehead atoms. The van der Waals surface area contributed by atoms with Gasteiger partial charge >= 0.3 is 0 Å². The molecular weight excluding hydrogens is 434 g/mol. The van der Waals surface area contributed by atoms with E-state index in [4.69, 9.17) is 11.6 Å². The number of anilines is 2. The van der Waals surface area contributed by atoms with Crippen LogP contribution < -0.4 is 10.6 Å². The Morgan fingerprint density at radius 3 is 2.27 bits per heavy atom. The maximum atomic E-state index is 12.9. The first-order valence-corrected chi connectivity index (χ1v) is 10.9. The summed E-state index contributed by atoms with van der Waals surface area (Å²) in [5, 5.41) is 6.04. The molecule has 164 valence electrons. The number of carbonyl (C=O) groups is 2. The summed E-state index contributed by atoms with van der Waals surface area (Å²) in [6.45, 7) is 2.12. The molecule has 0 saturated carbocycles. The van der Waals surface area contributed by atoms with Crippen molar-refractivity contribution in [1.29, 1.82) is 0 Å². The van der Waals surface area contributed by atoms with Crippen molar-refractivity contribution in [3.8, 4) is 11.1 Å². The number of nitrogens with zero attached hydrogens (tertiary/aromatic N) is 1. The third-order valence-corrected chi connectivity index (χ3v) is 5.47. The monoisotopic (exact) mass is 455 g/mol. The number of halogens is 1. The van der Waals surface area contributed by atoms with Gasteiger partial charge in [-0.25, -0.2) is 4.98 Å². The predicted octanol–water partition coefficient (Wildman–Crippen LogP) is 6.47. The topological polar surface area (TPSA) is 71.1 Å². The molecule has 0 radical (unpaired) electrons. The molecule has 1 aromatic heterocycles. The molecule has 4 rings (SSSR count). The summed E-state index contributed by atoms with van der Waals surface area (Å²) in [7, 11) is 0. The second-order valence-corrected chi connectivity index (χ2v) is 7.84. The van der Waals surface area contributed by atoms with Gasteiger partial charge in [-0.2, -0.15) is 0 Å². The summed E-state index contributed by atoms with van der Waals surface area (Å²) in [5.41, 5.74) is 4.71. The lowest BCUT2D eigenvalue weighted by molar-refractivity contribution is 0.102. The fourth-order valence-electron chi connectivity index (χ4n) is 3.53. The first-order valence-electron chi connectivity index (χ1n) is 10.6. The number of carbonyl (C=O) groups excluding carboxylic acids is 2. The number of rotatable bonds is 6. The molecule has 0 atom stereocenters. The van der Waals surface area contributed by atoms with Gasteiger partial charge < -0.3 is 10.6 Å². The minimum Gasteiger partial charge on any atom is -0.321 e. The van der Waals surface area contributed by atoms with Crippen molar-refractivity contribution < 1.29 is 9.59 Å². The number of pyridine rings is 1. The smallest absolute Gasteiger partial charge is 0.258 e. The molecule has 0 aliphatic rings. The molecule has 0 aliphatic carbocycles. The molecule has 0 saturated heterocycles. The zero-order chi connectivity index (χ0) is 23.2. The van der Waals surface area contributed by atoms with Gasteiger partial charge in [-0.1, -0.05) is 67.1 Å². The van der Waals surface area contributed by atoms with Crippen molar-refractivity contribution in [2.45, 2.75) is 13.3 Å². The Morgan fingerprint density at radius 2 is 1.55 bits per heavy atom. The van der Waals surface area contributed by atoms with E-state index in [2.05, 4.69) is 34.7 Å². The van der Waals surface area contributed by atoms with Crippen LogP contribution in [0, 0.1) is 0 Å². The van der Waals surface area contributed by atoms with Crippen LogP contribution in [0.25, 0.3) is 11.1 Å². The SMILES string of the molecule is CCc1ccccc1-c1ccc(C(=O)Nc2ccccc2C(=O)Nc2ccc(Cl)cn2)cc1. The molecule has 2 amide bonds. The molecule has 5 nitrogen and oxygen atoms in total. The number of para-hydroxylation sites is 1. The van der Waals surface area contributed by atoms with Gasteiger partial charge in [-0.05, 0) is 59.5 Å². The second-order valence-electron chi connectivity index (χ2n) is 7.40. The van der Waals surface area contributed by atoms with Gasteiger partial charge in [0.2, 0.25) is 0 Å². The van der Waals surface area contributed by atoms with Crippen LogP contribution in [0.1, 0.15) is 33.2 Å². The largest absolute Gasteiger partial charge is 0.321 e. The van der Waals surface area contributed by atoms with Gasteiger partial charge in [0.25, 0.3) is 11.8 Å². The molecule has 3 aromatic carbocycles. The molecule has 0 aliphatic heterocycles. The van der Waals surface area contributed by atoms with Gasteiger partial charge in [-0.3, -0.25) is 9.59 Å². The number of aryl methyl sites for hydroxylation is 1. The van der Waals surface area contributed by atoms with Crippen LogP contribution in [-0.4, -0.2) is 16.8 Å². The van der Waals surface area contributed by atoms with Crippen LogP contribution in [0.15, 0.2) is 91.1 Å². The Morgan fingerprint density at radius 1 is 0.818 bits per heavy atom. The van der Waals surface area contributed by atoms with E-state index in [-0.39, 0.29) is 11.8 Å². The van der Waals surface area contributed by atoms with Crippen molar-refractivity contribution in [2.75, 3.05) is 10.6 Å². The number of amides is 2. The lowest BCUT2D eigenvalue weighted by Gasteiger charge is -2.12. The van der Waals surface area contributed by atoms with Gasteiger partial charge in [0.15, 0.2) is 0 Å². The zero-order valence-electron chi connectivity index (χ0n) is 18.0. The Kier molecular flexibility index (Phi) is 6.81. The second kappa shape index (κ2) is 10.1. The highest BCUT2D eigenvalue weighted by atomic mass is 35.5. The highest BCUT2D eigenvalue weighted by Gasteiger charge is 2.15. The molecule has 0 fully saturated rings. The van der Waals surface area contributed by atoms with E-state index in [9.17, 15) is 9.59 Å². The van der Waals surface area contributed by atoms with Crippen LogP contribution in [0.4, 0.5) is 11.5 Å². The van der Waals surface area contributed by atoms with Crippen LogP contribution in [-0.2, 0) is 6.42 Å².